The molecule has 5 nitrogen and oxygen atoms in total. The van der Waals surface area contributed by atoms with E-state index in [1.54, 1.807) is 0 Å². The van der Waals surface area contributed by atoms with Crippen LogP contribution in [0.25, 0.3) is 0 Å². The zero-order valence-electron chi connectivity index (χ0n) is 11.4. The third-order valence-electron chi connectivity index (χ3n) is 3.98. The molecule has 0 bridgehead atoms. The van der Waals surface area contributed by atoms with Gasteiger partial charge in [-0.15, -0.1) is 0 Å². The van der Waals surface area contributed by atoms with Crippen molar-refractivity contribution in [2.45, 2.75) is 25.3 Å². The summed E-state index contributed by atoms with van der Waals surface area (Å²) in [6.07, 6.45) is 3.65. The molecule has 0 saturated carbocycles. The lowest BCUT2D eigenvalue weighted by Crippen LogP contribution is -2.52. The summed E-state index contributed by atoms with van der Waals surface area (Å²) >= 11 is 0. The fraction of sp³-hybridized carbons (Fsp3) is 0.467. The van der Waals surface area contributed by atoms with Crippen LogP contribution in [-0.2, 0) is 9.59 Å². The molecule has 2 amide bonds. The number of piperidine rings is 1. The first kappa shape index (κ1) is 13.1. The molecule has 1 unspecified atom stereocenters. The van der Waals surface area contributed by atoms with Crippen LogP contribution in [0.15, 0.2) is 24.3 Å². The van der Waals surface area contributed by atoms with Crippen LogP contribution in [0.4, 0.5) is 5.69 Å². The summed E-state index contributed by atoms with van der Waals surface area (Å²) in [7, 11) is 0. The van der Waals surface area contributed by atoms with Gasteiger partial charge in [0.25, 0.3) is 0 Å². The molecular formula is C15H19N3O2. The van der Waals surface area contributed by atoms with Crippen LogP contribution in [0.5, 0.6) is 0 Å². The van der Waals surface area contributed by atoms with Crippen molar-refractivity contribution >= 4 is 17.5 Å². The SMILES string of the molecule is O=C1NCCN(c2ccc(C3CCCCN3)cc2)C1=O. The molecule has 2 fully saturated rings. The Bertz CT molecular complexity index is 506. The van der Waals surface area contributed by atoms with E-state index < -0.39 is 11.8 Å². The van der Waals surface area contributed by atoms with Crippen molar-refractivity contribution in [2.24, 2.45) is 0 Å². The van der Waals surface area contributed by atoms with Crippen LogP contribution in [0.2, 0.25) is 0 Å². The Hall–Kier alpha value is -1.88. The number of nitrogens with one attached hydrogen (secondary N) is 2. The summed E-state index contributed by atoms with van der Waals surface area (Å²) in [6.45, 7) is 2.11. The molecule has 0 aliphatic carbocycles. The van der Waals surface area contributed by atoms with Gasteiger partial charge < -0.3 is 15.5 Å². The van der Waals surface area contributed by atoms with Gasteiger partial charge in [0.15, 0.2) is 0 Å². The highest BCUT2D eigenvalue weighted by Gasteiger charge is 2.27. The van der Waals surface area contributed by atoms with Gasteiger partial charge in [-0.2, -0.15) is 0 Å². The largest absolute Gasteiger partial charge is 0.346 e. The smallest absolute Gasteiger partial charge is 0.316 e. The molecule has 3 rings (SSSR count). The highest BCUT2D eigenvalue weighted by molar-refractivity contribution is 6.41. The average Bonchev–Trinajstić information content (AvgIpc) is 2.51. The third kappa shape index (κ3) is 2.54. The number of carbonyl (C=O) groups excluding carboxylic acids is 2. The quantitative estimate of drug-likeness (QED) is 0.789. The van der Waals surface area contributed by atoms with Crippen LogP contribution in [0.1, 0.15) is 30.9 Å². The van der Waals surface area contributed by atoms with Gasteiger partial charge in [-0.05, 0) is 37.1 Å². The zero-order chi connectivity index (χ0) is 13.9. The second-order valence-corrected chi connectivity index (χ2v) is 5.31. The zero-order valence-corrected chi connectivity index (χ0v) is 11.4. The van der Waals surface area contributed by atoms with E-state index in [-0.39, 0.29) is 0 Å². The number of carbonyl (C=O) groups is 2. The lowest BCUT2D eigenvalue weighted by atomic mass is 9.97. The lowest BCUT2D eigenvalue weighted by Gasteiger charge is -2.28. The molecule has 2 heterocycles. The summed E-state index contributed by atoms with van der Waals surface area (Å²) in [4.78, 5) is 24.7. The Morgan fingerprint density at radius 2 is 1.85 bits per heavy atom. The Balaban J connectivity index is 1.75. The first-order valence-corrected chi connectivity index (χ1v) is 7.19. The number of hydrogen-bond acceptors (Lipinski definition) is 3. The number of anilines is 1. The Morgan fingerprint density at radius 3 is 2.55 bits per heavy atom. The van der Waals surface area contributed by atoms with Crippen molar-refractivity contribution < 1.29 is 9.59 Å². The second-order valence-electron chi connectivity index (χ2n) is 5.31. The molecule has 0 radical (unpaired) electrons. The van der Waals surface area contributed by atoms with Crippen LogP contribution in [-0.4, -0.2) is 31.4 Å². The number of amides is 2. The van der Waals surface area contributed by atoms with Gasteiger partial charge in [-0.3, -0.25) is 9.59 Å². The summed E-state index contributed by atoms with van der Waals surface area (Å²) < 4.78 is 0. The van der Waals surface area contributed by atoms with Crippen molar-refractivity contribution in [1.29, 1.82) is 0 Å². The average molecular weight is 273 g/mol. The molecule has 20 heavy (non-hydrogen) atoms. The van der Waals surface area contributed by atoms with E-state index in [1.807, 2.05) is 12.1 Å². The highest BCUT2D eigenvalue weighted by Crippen LogP contribution is 2.25. The van der Waals surface area contributed by atoms with Crippen LogP contribution in [0, 0.1) is 0 Å². The number of rotatable bonds is 2. The van der Waals surface area contributed by atoms with E-state index in [4.69, 9.17) is 0 Å². The molecule has 1 atom stereocenters. The van der Waals surface area contributed by atoms with Gasteiger partial charge in [0, 0.05) is 24.8 Å². The molecule has 5 heteroatoms. The van der Waals surface area contributed by atoms with E-state index in [2.05, 4.69) is 22.8 Å². The van der Waals surface area contributed by atoms with Crippen molar-refractivity contribution in [3.63, 3.8) is 0 Å². The predicted molar refractivity (Wildman–Crippen MR) is 76.4 cm³/mol. The first-order chi connectivity index (χ1) is 9.75. The first-order valence-electron chi connectivity index (χ1n) is 7.19. The van der Waals surface area contributed by atoms with E-state index in [1.165, 1.54) is 23.3 Å². The lowest BCUT2D eigenvalue weighted by molar-refractivity contribution is -0.138. The fourth-order valence-corrected chi connectivity index (χ4v) is 2.85. The maximum Gasteiger partial charge on any atom is 0.316 e. The minimum atomic E-state index is -0.519. The topological polar surface area (TPSA) is 61.4 Å². The van der Waals surface area contributed by atoms with E-state index in [0.29, 0.717) is 19.1 Å². The number of benzene rings is 1. The molecule has 2 saturated heterocycles. The molecule has 106 valence electrons. The molecule has 2 aliphatic heterocycles. The Kier molecular flexibility index (Phi) is 3.69. The molecule has 1 aromatic carbocycles. The van der Waals surface area contributed by atoms with Gasteiger partial charge in [-0.1, -0.05) is 18.6 Å². The normalized spacial score (nSPS) is 23.6. The summed E-state index contributed by atoms with van der Waals surface area (Å²) in [5.74, 6) is -0.992. The van der Waals surface area contributed by atoms with Gasteiger partial charge >= 0.3 is 11.8 Å². The van der Waals surface area contributed by atoms with Gasteiger partial charge in [0.2, 0.25) is 0 Å². The van der Waals surface area contributed by atoms with Gasteiger partial charge in [0.05, 0.1) is 0 Å². The number of nitrogens with zero attached hydrogens (tertiary/aromatic N) is 1. The van der Waals surface area contributed by atoms with Gasteiger partial charge in [0.1, 0.15) is 0 Å². The van der Waals surface area contributed by atoms with Crippen molar-refractivity contribution in [1.82, 2.24) is 10.6 Å². The summed E-state index contributed by atoms with van der Waals surface area (Å²) in [5, 5.41) is 6.06. The maximum absolute atomic E-state index is 11.8. The summed E-state index contributed by atoms with van der Waals surface area (Å²) in [6, 6.07) is 8.39. The highest BCUT2D eigenvalue weighted by atomic mass is 16.2. The fourth-order valence-electron chi connectivity index (χ4n) is 2.85. The number of piperazine rings is 1. The van der Waals surface area contributed by atoms with Gasteiger partial charge in [-0.25, -0.2) is 0 Å². The van der Waals surface area contributed by atoms with E-state index in [0.717, 1.165) is 18.7 Å². The van der Waals surface area contributed by atoms with Crippen LogP contribution >= 0.6 is 0 Å². The Labute approximate surface area is 118 Å². The second kappa shape index (κ2) is 5.63. The predicted octanol–water partition coefficient (Wildman–Crippen LogP) is 0.964. The van der Waals surface area contributed by atoms with Crippen molar-refractivity contribution in [3.8, 4) is 0 Å². The molecule has 0 spiro atoms. The minimum absolute atomic E-state index is 0.415. The van der Waals surface area contributed by atoms with Crippen LogP contribution < -0.4 is 15.5 Å². The molecule has 1 aromatic rings. The maximum atomic E-state index is 11.8. The molecular weight excluding hydrogens is 254 g/mol. The Morgan fingerprint density at radius 1 is 1.05 bits per heavy atom. The molecule has 2 N–H and O–H groups in total. The van der Waals surface area contributed by atoms with Crippen molar-refractivity contribution in [2.75, 3.05) is 24.5 Å². The third-order valence-corrected chi connectivity index (χ3v) is 3.98. The van der Waals surface area contributed by atoms with Crippen molar-refractivity contribution in [3.05, 3.63) is 29.8 Å². The monoisotopic (exact) mass is 273 g/mol. The van der Waals surface area contributed by atoms with Crippen LogP contribution in [0.3, 0.4) is 0 Å². The molecule has 0 aromatic heterocycles. The number of hydrogen-bond donors (Lipinski definition) is 2. The molecule has 2 aliphatic rings. The standard InChI is InChI=1S/C15H19N3O2/c19-14-15(20)18(10-9-17-14)12-6-4-11(5-7-12)13-3-1-2-8-16-13/h4-7,13,16H,1-3,8-10H2,(H,17,19). The van der Waals surface area contributed by atoms with E-state index in [9.17, 15) is 9.59 Å². The summed E-state index contributed by atoms with van der Waals surface area (Å²) in [5.41, 5.74) is 2.05. The minimum Gasteiger partial charge on any atom is -0.346 e. The van der Waals surface area contributed by atoms with E-state index >= 15 is 0 Å².